The number of aryl methyl sites for hydroxylation is 2. The Hall–Kier alpha value is -2.74. The monoisotopic (exact) mass is 413 g/mol. The van der Waals surface area contributed by atoms with Crippen LogP contribution in [0.1, 0.15) is 53.3 Å². The Bertz CT molecular complexity index is 1050. The van der Waals surface area contributed by atoms with Crippen LogP contribution in [0.3, 0.4) is 0 Å². The molecule has 0 radical (unpaired) electrons. The normalized spacial score (nSPS) is 11.2. The van der Waals surface area contributed by atoms with Crippen molar-refractivity contribution in [1.82, 2.24) is 25.4 Å². The molecule has 0 aliphatic heterocycles. The van der Waals surface area contributed by atoms with E-state index in [9.17, 15) is 9.59 Å². The van der Waals surface area contributed by atoms with E-state index in [0.717, 1.165) is 22.6 Å². The molecule has 0 aliphatic rings. The number of rotatable bonds is 7. The zero-order chi connectivity index (χ0) is 21.1. The first-order valence-corrected chi connectivity index (χ1v) is 10.6. The number of carbonyl (C=O) groups excluding carboxylic acids is 2. The minimum atomic E-state index is -0.307. The van der Waals surface area contributed by atoms with Crippen molar-refractivity contribution >= 4 is 34.2 Å². The maximum Gasteiger partial charge on any atom is 0.252 e. The number of nitrogens with one attached hydrogen (secondary N) is 2. The van der Waals surface area contributed by atoms with Crippen LogP contribution in [-0.2, 0) is 4.79 Å². The topological polar surface area (TPSA) is 88.9 Å². The summed E-state index contributed by atoms with van der Waals surface area (Å²) in [6.07, 6.45) is 2.52. The number of nitrogens with zero attached hydrogens (tertiary/aromatic N) is 3. The van der Waals surface area contributed by atoms with Gasteiger partial charge in [0.05, 0.1) is 29.4 Å². The Labute approximate surface area is 174 Å². The van der Waals surface area contributed by atoms with Crippen molar-refractivity contribution < 1.29 is 9.59 Å². The van der Waals surface area contributed by atoms with Gasteiger partial charge in [-0.25, -0.2) is 9.67 Å². The van der Waals surface area contributed by atoms with Crippen LogP contribution in [0.2, 0.25) is 0 Å². The molecule has 7 nitrogen and oxygen atoms in total. The van der Waals surface area contributed by atoms with Gasteiger partial charge in [-0.2, -0.15) is 5.10 Å². The highest BCUT2D eigenvalue weighted by molar-refractivity contribution is 7.12. The third kappa shape index (κ3) is 4.48. The number of carbonyl (C=O) groups is 2. The van der Waals surface area contributed by atoms with E-state index in [1.54, 1.807) is 23.6 Å². The van der Waals surface area contributed by atoms with Crippen molar-refractivity contribution in [2.75, 3.05) is 13.1 Å². The van der Waals surface area contributed by atoms with Crippen molar-refractivity contribution in [1.29, 1.82) is 0 Å². The van der Waals surface area contributed by atoms with Gasteiger partial charge in [0.25, 0.3) is 5.91 Å². The molecule has 3 rings (SSSR count). The molecule has 8 heteroatoms. The molecule has 29 heavy (non-hydrogen) atoms. The zero-order valence-corrected chi connectivity index (χ0v) is 18.3. The lowest BCUT2D eigenvalue weighted by molar-refractivity contribution is -0.120. The average molecular weight is 414 g/mol. The number of thiophene rings is 1. The molecule has 3 aromatic heterocycles. The Morgan fingerprint density at radius 3 is 2.59 bits per heavy atom. The lowest BCUT2D eigenvalue weighted by Gasteiger charge is -2.11. The summed E-state index contributed by atoms with van der Waals surface area (Å²) in [5.74, 6) is -0.508. The van der Waals surface area contributed by atoms with Gasteiger partial charge in [0, 0.05) is 27.9 Å². The fourth-order valence-electron chi connectivity index (χ4n) is 3.19. The van der Waals surface area contributed by atoms with E-state index in [4.69, 9.17) is 4.98 Å². The van der Waals surface area contributed by atoms with Crippen molar-refractivity contribution in [3.05, 3.63) is 33.6 Å². The SMILES string of the molecule is CCCNC(=O)CNC(=O)c1cc(-c2cc(C)sc2C)nc2c1cnn2C(C)C. The van der Waals surface area contributed by atoms with Gasteiger partial charge < -0.3 is 10.6 Å². The minimum absolute atomic E-state index is 0.0626. The summed E-state index contributed by atoms with van der Waals surface area (Å²) < 4.78 is 1.82. The van der Waals surface area contributed by atoms with E-state index in [2.05, 4.69) is 35.6 Å². The van der Waals surface area contributed by atoms with E-state index in [-0.39, 0.29) is 24.4 Å². The number of aromatic nitrogens is 3. The fraction of sp³-hybridized carbons (Fsp3) is 0.429. The van der Waals surface area contributed by atoms with Gasteiger partial charge in [-0.3, -0.25) is 9.59 Å². The molecule has 0 unspecified atom stereocenters. The maximum atomic E-state index is 12.9. The molecule has 0 bridgehead atoms. The predicted octanol–water partition coefficient (Wildman–Crippen LogP) is 3.61. The van der Waals surface area contributed by atoms with E-state index in [1.165, 1.54) is 4.88 Å². The van der Waals surface area contributed by atoms with Crippen molar-refractivity contribution in [2.24, 2.45) is 0 Å². The molecule has 0 fully saturated rings. The molecule has 0 saturated heterocycles. The Morgan fingerprint density at radius 2 is 1.97 bits per heavy atom. The second kappa shape index (κ2) is 8.73. The molecular weight excluding hydrogens is 386 g/mol. The van der Waals surface area contributed by atoms with Crippen LogP contribution in [0.25, 0.3) is 22.3 Å². The summed E-state index contributed by atoms with van der Waals surface area (Å²) in [6, 6.07) is 3.99. The van der Waals surface area contributed by atoms with Crippen molar-refractivity contribution in [3.63, 3.8) is 0 Å². The lowest BCUT2D eigenvalue weighted by atomic mass is 10.1. The third-order valence-electron chi connectivity index (χ3n) is 4.60. The summed E-state index contributed by atoms with van der Waals surface area (Å²) in [5.41, 5.74) is 2.90. The molecule has 2 N–H and O–H groups in total. The molecule has 3 aromatic rings. The van der Waals surface area contributed by atoms with Crippen molar-refractivity contribution in [3.8, 4) is 11.3 Å². The smallest absolute Gasteiger partial charge is 0.252 e. The van der Waals surface area contributed by atoms with Crippen LogP contribution in [0, 0.1) is 13.8 Å². The number of pyridine rings is 1. The molecule has 0 aromatic carbocycles. The first-order valence-electron chi connectivity index (χ1n) is 9.82. The molecule has 3 heterocycles. The van der Waals surface area contributed by atoms with Crippen LogP contribution in [0.15, 0.2) is 18.3 Å². The van der Waals surface area contributed by atoms with Crippen LogP contribution in [-0.4, -0.2) is 39.7 Å². The van der Waals surface area contributed by atoms with Gasteiger partial charge in [0.15, 0.2) is 5.65 Å². The third-order valence-corrected chi connectivity index (χ3v) is 5.57. The van der Waals surface area contributed by atoms with Crippen LogP contribution in [0.4, 0.5) is 0 Å². The molecule has 0 saturated carbocycles. The summed E-state index contributed by atoms with van der Waals surface area (Å²) in [6.45, 7) is 10.7. The maximum absolute atomic E-state index is 12.9. The van der Waals surface area contributed by atoms with Gasteiger partial charge in [0.1, 0.15) is 0 Å². The summed E-state index contributed by atoms with van der Waals surface area (Å²) in [5, 5.41) is 10.6. The standard InChI is InChI=1S/C21H27N5O2S/c1-6-7-22-19(27)11-23-21(28)16-9-18(15-8-13(4)29-14(15)5)25-20-17(16)10-24-26(20)12(2)3/h8-10,12H,6-7,11H2,1-5H3,(H,22,27)(H,23,28). The summed E-state index contributed by atoms with van der Waals surface area (Å²) in [4.78, 5) is 32.0. The van der Waals surface area contributed by atoms with E-state index in [1.807, 2.05) is 25.5 Å². The van der Waals surface area contributed by atoms with Crippen LogP contribution < -0.4 is 10.6 Å². The largest absolute Gasteiger partial charge is 0.355 e. The molecule has 0 spiro atoms. The van der Waals surface area contributed by atoms with Gasteiger partial charge in [-0.1, -0.05) is 6.92 Å². The van der Waals surface area contributed by atoms with Crippen LogP contribution in [0.5, 0.6) is 0 Å². The zero-order valence-electron chi connectivity index (χ0n) is 17.5. The van der Waals surface area contributed by atoms with E-state index in [0.29, 0.717) is 23.1 Å². The molecular formula is C21H27N5O2S. The highest BCUT2D eigenvalue weighted by Gasteiger charge is 2.20. The van der Waals surface area contributed by atoms with Gasteiger partial charge in [-0.15, -0.1) is 11.3 Å². The summed E-state index contributed by atoms with van der Waals surface area (Å²) >= 11 is 1.70. The lowest BCUT2D eigenvalue weighted by Crippen LogP contribution is -2.37. The number of hydrogen-bond acceptors (Lipinski definition) is 5. The Kier molecular flexibility index (Phi) is 6.32. The van der Waals surface area contributed by atoms with Gasteiger partial charge >= 0.3 is 0 Å². The Balaban J connectivity index is 2.02. The van der Waals surface area contributed by atoms with Crippen LogP contribution >= 0.6 is 11.3 Å². The second-order valence-electron chi connectivity index (χ2n) is 7.33. The fourth-order valence-corrected chi connectivity index (χ4v) is 4.12. The quantitative estimate of drug-likeness (QED) is 0.619. The predicted molar refractivity (Wildman–Crippen MR) is 116 cm³/mol. The van der Waals surface area contributed by atoms with E-state index < -0.39 is 0 Å². The van der Waals surface area contributed by atoms with Gasteiger partial charge in [0.2, 0.25) is 5.91 Å². The first kappa shape index (κ1) is 21.0. The van der Waals surface area contributed by atoms with E-state index >= 15 is 0 Å². The highest BCUT2D eigenvalue weighted by atomic mass is 32.1. The molecule has 2 amide bonds. The number of hydrogen-bond donors (Lipinski definition) is 2. The number of fused-ring (bicyclic) bond motifs is 1. The first-order chi connectivity index (χ1) is 13.8. The molecule has 154 valence electrons. The average Bonchev–Trinajstić information content (AvgIpc) is 3.26. The minimum Gasteiger partial charge on any atom is -0.355 e. The highest BCUT2D eigenvalue weighted by Crippen LogP contribution is 2.32. The molecule has 0 aliphatic carbocycles. The Morgan fingerprint density at radius 1 is 1.21 bits per heavy atom. The second-order valence-corrected chi connectivity index (χ2v) is 8.80. The molecule has 0 atom stereocenters. The van der Waals surface area contributed by atoms with Crippen molar-refractivity contribution in [2.45, 2.75) is 47.1 Å². The van der Waals surface area contributed by atoms with Gasteiger partial charge in [-0.05, 0) is 46.2 Å². The summed E-state index contributed by atoms with van der Waals surface area (Å²) in [7, 11) is 0. The number of amides is 2.